The van der Waals surface area contributed by atoms with Crippen molar-refractivity contribution in [2.75, 3.05) is 12.8 Å². The molecule has 0 spiro atoms. The van der Waals surface area contributed by atoms with Gasteiger partial charge >= 0.3 is 0 Å². The summed E-state index contributed by atoms with van der Waals surface area (Å²) in [6.45, 7) is 1.99. The minimum absolute atomic E-state index is 0.405. The number of benzene rings is 1. The molecule has 1 aromatic heterocycles. The van der Waals surface area contributed by atoms with E-state index in [0.29, 0.717) is 5.95 Å². The normalized spacial score (nSPS) is 10.4. The van der Waals surface area contributed by atoms with Crippen LogP contribution in [-0.4, -0.2) is 21.9 Å². The van der Waals surface area contributed by atoms with Crippen LogP contribution in [0.25, 0.3) is 5.69 Å². The van der Waals surface area contributed by atoms with Gasteiger partial charge in [0.05, 0.1) is 12.8 Å². The van der Waals surface area contributed by atoms with Crippen molar-refractivity contribution in [3.8, 4) is 11.4 Å². The first-order valence-electron chi connectivity index (χ1n) is 5.10. The van der Waals surface area contributed by atoms with Crippen LogP contribution in [0.4, 0.5) is 5.95 Å². The molecule has 0 fully saturated rings. The Hall–Kier alpha value is -2.04. The summed E-state index contributed by atoms with van der Waals surface area (Å²) >= 11 is 0. The van der Waals surface area contributed by atoms with E-state index in [1.807, 2.05) is 31.2 Å². The lowest BCUT2D eigenvalue weighted by Gasteiger charge is -2.03. The first-order valence-corrected chi connectivity index (χ1v) is 5.10. The van der Waals surface area contributed by atoms with Crippen molar-refractivity contribution in [1.29, 1.82) is 0 Å². The van der Waals surface area contributed by atoms with Gasteiger partial charge in [-0.2, -0.15) is 9.67 Å². The molecule has 16 heavy (non-hydrogen) atoms. The summed E-state index contributed by atoms with van der Waals surface area (Å²) in [6.07, 6.45) is 0.771. The molecule has 0 aliphatic rings. The summed E-state index contributed by atoms with van der Waals surface area (Å²) in [4.78, 5) is 4.15. The second kappa shape index (κ2) is 4.22. The molecule has 0 radical (unpaired) electrons. The fourth-order valence-corrected chi connectivity index (χ4v) is 1.43. The Bertz CT molecular complexity index is 475. The van der Waals surface area contributed by atoms with E-state index in [9.17, 15) is 0 Å². The lowest BCUT2D eigenvalue weighted by molar-refractivity contribution is 0.414. The maximum atomic E-state index is 5.78. The van der Waals surface area contributed by atoms with Crippen LogP contribution in [0.3, 0.4) is 0 Å². The fraction of sp³-hybridized carbons (Fsp3) is 0.273. The number of ether oxygens (including phenoxy) is 1. The van der Waals surface area contributed by atoms with Crippen LogP contribution in [0.1, 0.15) is 12.7 Å². The summed E-state index contributed by atoms with van der Waals surface area (Å²) in [5.74, 6) is 1.95. The van der Waals surface area contributed by atoms with Crippen LogP contribution in [0, 0.1) is 0 Å². The largest absolute Gasteiger partial charge is 0.497 e. The Morgan fingerprint density at radius 3 is 2.50 bits per heavy atom. The number of hydrogen-bond donors (Lipinski definition) is 1. The van der Waals surface area contributed by atoms with Crippen LogP contribution >= 0.6 is 0 Å². The zero-order valence-electron chi connectivity index (χ0n) is 9.34. The Balaban J connectivity index is 2.38. The van der Waals surface area contributed by atoms with Gasteiger partial charge in [-0.15, -0.1) is 5.10 Å². The number of methoxy groups -OCH3 is 1. The van der Waals surface area contributed by atoms with Crippen molar-refractivity contribution in [2.24, 2.45) is 0 Å². The molecule has 0 amide bonds. The van der Waals surface area contributed by atoms with Crippen molar-refractivity contribution >= 4 is 5.95 Å². The van der Waals surface area contributed by atoms with Gasteiger partial charge in [-0.3, -0.25) is 0 Å². The minimum Gasteiger partial charge on any atom is -0.497 e. The predicted octanol–water partition coefficient (Wildman–Crippen LogP) is 1.42. The molecule has 0 aliphatic carbocycles. The van der Waals surface area contributed by atoms with Crippen LogP contribution in [0.2, 0.25) is 0 Å². The molecule has 0 unspecified atom stereocenters. The summed E-state index contributed by atoms with van der Waals surface area (Å²) in [6, 6.07) is 7.51. The van der Waals surface area contributed by atoms with E-state index in [0.717, 1.165) is 23.7 Å². The van der Waals surface area contributed by atoms with Gasteiger partial charge in [0, 0.05) is 6.42 Å². The van der Waals surface area contributed by atoms with E-state index in [4.69, 9.17) is 10.5 Å². The molecule has 1 aromatic carbocycles. The summed E-state index contributed by atoms with van der Waals surface area (Å²) in [5, 5.41) is 4.29. The summed E-state index contributed by atoms with van der Waals surface area (Å²) in [5.41, 5.74) is 6.66. The zero-order valence-corrected chi connectivity index (χ0v) is 9.34. The van der Waals surface area contributed by atoms with E-state index in [-0.39, 0.29) is 0 Å². The Morgan fingerprint density at radius 1 is 1.31 bits per heavy atom. The van der Waals surface area contributed by atoms with Gasteiger partial charge in [0.25, 0.3) is 0 Å². The van der Waals surface area contributed by atoms with Gasteiger partial charge in [0.1, 0.15) is 5.75 Å². The molecule has 0 saturated heterocycles. The number of aryl methyl sites for hydroxylation is 1. The molecule has 0 bridgehead atoms. The van der Waals surface area contributed by atoms with E-state index in [2.05, 4.69) is 10.1 Å². The number of nitrogen functional groups attached to an aromatic ring is 1. The monoisotopic (exact) mass is 218 g/mol. The van der Waals surface area contributed by atoms with Crippen molar-refractivity contribution in [2.45, 2.75) is 13.3 Å². The highest BCUT2D eigenvalue weighted by atomic mass is 16.5. The Morgan fingerprint density at radius 2 is 2.00 bits per heavy atom. The molecular formula is C11H14N4O. The lowest BCUT2D eigenvalue weighted by Crippen LogP contribution is -2.02. The van der Waals surface area contributed by atoms with Gasteiger partial charge in [-0.25, -0.2) is 0 Å². The topological polar surface area (TPSA) is 66.0 Å². The molecule has 84 valence electrons. The van der Waals surface area contributed by atoms with Crippen molar-refractivity contribution in [3.05, 3.63) is 30.1 Å². The van der Waals surface area contributed by atoms with Crippen LogP contribution < -0.4 is 10.5 Å². The van der Waals surface area contributed by atoms with Gasteiger partial charge in [0.15, 0.2) is 5.82 Å². The molecule has 2 N–H and O–H groups in total. The van der Waals surface area contributed by atoms with Gasteiger partial charge in [0.2, 0.25) is 5.95 Å². The van der Waals surface area contributed by atoms with E-state index in [1.165, 1.54) is 0 Å². The highest BCUT2D eigenvalue weighted by Gasteiger charge is 2.06. The molecule has 2 aromatic rings. The first kappa shape index (κ1) is 10.5. The van der Waals surface area contributed by atoms with Crippen LogP contribution in [0.5, 0.6) is 5.75 Å². The quantitative estimate of drug-likeness (QED) is 0.846. The average molecular weight is 218 g/mol. The summed E-state index contributed by atoms with van der Waals surface area (Å²) in [7, 11) is 1.63. The average Bonchev–Trinajstić information content (AvgIpc) is 2.71. The first-order chi connectivity index (χ1) is 7.74. The number of nitrogens with two attached hydrogens (primary N) is 1. The molecule has 0 saturated carbocycles. The van der Waals surface area contributed by atoms with Crippen molar-refractivity contribution in [1.82, 2.24) is 14.8 Å². The number of nitrogens with zero attached hydrogens (tertiary/aromatic N) is 3. The minimum atomic E-state index is 0.405. The summed E-state index contributed by atoms with van der Waals surface area (Å²) < 4.78 is 6.71. The highest BCUT2D eigenvalue weighted by molar-refractivity contribution is 5.40. The number of anilines is 1. The number of hydrogen-bond acceptors (Lipinski definition) is 4. The molecule has 5 heteroatoms. The van der Waals surface area contributed by atoms with E-state index < -0.39 is 0 Å². The van der Waals surface area contributed by atoms with Gasteiger partial charge in [-0.1, -0.05) is 6.92 Å². The van der Waals surface area contributed by atoms with Gasteiger partial charge in [-0.05, 0) is 24.3 Å². The van der Waals surface area contributed by atoms with E-state index in [1.54, 1.807) is 11.8 Å². The van der Waals surface area contributed by atoms with Crippen LogP contribution in [-0.2, 0) is 6.42 Å². The third-order valence-corrected chi connectivity index (χ3v) is 2.31. The standard InChI is InChI=1S/C11H14N4O/c1-3-10-13-11(12)15(14-10)8-4-6-9(16-2)7-5-8/h4-7H,3H2,1-2H3,(H2,12,13,14). The molecule has 2 rings (SSSR count). The smallest absolute Gasteiger partial charge is 0.223 e. The molecule has 5 nitrogen and oxygen atoms in total. The number of rotatable bonds is 3. The molecule has 1 heterocycles. The third kappa shape index (κ3) is 1.84. The number of aromatic nitrogens is 3. The van der Waals surface area contributed by atoms with Crippen molar-refractivity contribution < 1.29 is 4.74 Å². The SMILES string of the molecule is CCc1nc(N)n(-c2ccc(OC)cc2)n1. The van der Waals surface area contributed by atoms with Crippen LogP contribution in [0.15, 0.2) is 24.3 Å². The fourth-order valence-electron chi connectivity index (χ4n) is 1.43. The van der Waals surface area contributed by atoms with E-state index >= 15 is 0 Å². The lowest BCUT2D eigenvalue weighted by atomic mass is 10.3. The third-order valence-electron chi connectivity index (χ3n) is 2.31. The maximum Gasteiger partial charge on any atom is 0.223 e. The maximum absolute atomic E-state index is 5.78. The second-order valence-corrected chi connectivity index (χ2v) is 3.35. The highest BCUT2D eigenvalue weighted by Crippen LogP contribution is 2.16. The Labute approximate surface area is 93.9 Å². The van der Waals surface area contributed by atoms with Gasteiger partial charge < -0.3 is 10.5 Å². The molecule has 0 aliphatic heterocycles. The second-order valence-electron chi connectivity index (χ2n) is 3.35. The van der Waals surface area contributed by atoms with Crippen molar-refractivity contribution in [3.63, 3.8) is 0 Å². The molecular weight excluding hydrogens is 204 g/mol. The predicted molar refractivity (Wildman–Crippen MR) is 61.7 cm³/mol. The zero-order chi connectivity index (χ0) is 11.5. The molecule has 0 atom stereocenters. The Kier molecular flexibility index (Phi) is 2.76.